The lowest BCUT2D eigenvalue weighted by molar-refractivity contribution is 0.183. The second-order valence-corrected chi connectivity index (χ2v) is 6.15. The largest absolute Gasteiger partial charge is 0.383 e. The van der Waals surface area contributed by atoms with Gasteiger partial charge in [-0.1, -0.05) is 0 Å². The van der Waals surface area contributed by atoms with Crippen LogP contribution in [-0.4, -0.2) is 54.6 Å². The Balaban J connectivity index is 1.53. The molecule has 0 amide bonds. The van der Waals surface area contributed by atoms with E-state index in [0.29, 0.717) is 17.9 Å². The number of ether oxygens (including phenoxy) is 1. The Morgan fingerprint density at radius 3 is 2.76 bits per heavy atom. The summed E-state index contributed by atoms with van der Waals surface area (Å²) in [6.45, 7) is 5.50. The quantitative estimate of drug-likeness (QED) is 0.801. The lowest BCUT2D eigenvalue weighted by Crippen LogP contribution is -2.46. The highest BCUT2D eigenvalue weighted by Crippen LogP contribution is 2.22. The molecule has 6 nitrogen and oxygen atoms in total. The Hall–Kier alpha value is -2.43. The zero-order valence-corrected chi connectivity index (χ0v) is 14.4. The van der Waals surface area contributed by atoms with Crippen molar-refractivity contribution in [3.8, 4) is 6.07 Å². The fraction of sp³-hybridized carbons (Fsp3) is 0.444. The number of halogens is 1. The van der Waals surface area contributed by atoms with Gasteiger partial charge in [0.15, 0.2) is 0 Å². The van der Waals surface area contributed by atoms with Gasteiger partial charge in [0.25, 0.3) is 0 Å². The van der Waals surface area contributed by atoms with Crippen molar-refractivity contribution in [3.63, 3.8) is 0 Å². The first-order chi connectivity index (χ1) is 12.2. The van der Waals surface area contributed by atoms with E-state index in [1.807, 2.05) is 28.0 Å². The molecule has 1 aromatic carbocycles. The van der Waals surface area contributed by atoms with Crippen molar-refractivity contribution >= 4 is 5.69 Å². The molecule has 132 valence electrons. The maximum atomic E-state index is 14.1. The Morgan fingerprint density at radius 2 is 2.08 bits per heavy atom. The van der Waals surface area contributed by atoms with Gasteiger partial charge in [-0.25, -0.2) is 4.39 Å². The molecule has 0 radical (unpaired) electrons. The minimum atomic E-state index is -0.327. The lowest BCUT2D eigenvalue weighted by atomic mass is 10.1. The predicted molar refractivity (Wildman–Crippen MR) is 92.7 cm³/mol. The Morgan fingerprint density at radius 1 is 1.28 bits per heavy atom. The number of benzene rings is 1. The van der Waals surface area contributed by atoms with Crippen LogP contribution >= 0.6 is 0 Å². The molecule has 0 atom stereocenters. The summed E-state index contributed by atoms with van der Waals surface area (Å²) < 4.78 is 21.1. The summed E-state index contributed by atoms with van der Waals surface area (Å²) in [7, 11) is 1.68. The molecule has 25 heavy (non-hydrogen) atoms. The van der Waals surface area contributed by atoms with Crippen LogP contribution in [0.5, 0.6) is 0 Å². The molecule has 1 aliphatic rings. The normalized spacial score (nSPS) is 15.3. The predicted octanol–water partition coefficient (Wildman–Crippen LogP) is 1.86. The smallest absolute Gasteiger partial charge is 0.147 e. The number of nitriles is 1. The van der Waals surface area contributed by atoms with E-state index in [0.717, 1.165) is 39.3 Å². The molecule has 1 aliphatic heterocycles. The van der Waals surface area contributed by atoms with Gasteiger partial charge in [0, 0.05) is 51.6 Å². The van der Waals surface area contributed by atoms with Crippen LogP contribution in [0.25, 0.3) is 0 Å². The second-order valence-electron chi connectivity index (χ2n) is 6.15. The van der Waals surface area contributed by atoms with E-state index in [-0.39, 0.29) is 5.82 Å². The highest BCUT2D eigenvalue weighted by molar-refractivity contribution is 5.51. The third-order valence-corrected chi connectivity index (χ3v) is 4.41. The van der Waals surface area contributed by atoms with Crippen molar-refractivity contribution < 1.29 is 9.13 Å². The number of hydrogen-bond donors (Lipinski definition) is 0. The van der Waals surface area contributed by atoms with Crippen LogP contribution in [0.15, 0.2) is 30.6 Å². The van der Waals surface area contributed by atoms with Crippen LogP contribution in [-0.2, 0) is 17.8 Å². The average molecular weight is 343 g/mol. The van der Waals surface area contributed by atoms with Gasteiger partial charge in [0.05, 0.1) is 36.7 Å². The van der Waals surface area contributed by atoms with Crippen molar-refractivity contribution in [2.45, 2.75) is 13.1 Å². The van der Waals surface area contributed by atoms with E-state index in [4.69, 9.17) is 10.00 Å². The van der Waals surface area contributed by atoms with Crippen LogP contribution in [0.1, 0.15) is 11.1 Å². The number of hydrogen-bond acceptors (Lipinski definition) is 5. The molecule has 0 saturated carbocycles. The number of rotatable bonds is 6. The summed E-state index contributed by atoms with van der Waals surface area (Å²) in [5.41, 5.74) is 2.10. The summed E-state index contributed by atoms with van der Waals surface area (Å²) >= 11 is 0. The van der Waals surface area contributed by atoms with Crippen molar-refractivity contribution in [2.75, 3.05) is 44.8 Å². The Labute approximate surface area is 147 Å². The standard InChI is InChI=1S/C18H22FN5O/c1-25-9-8-24-14-16(12-21-24)13-22-4-6-23(7-5-22)18-3-2-15(11-20)10-17(18)19/h2-3,10,12,14H,4-9,13H2,1H3. The van der Waals surface area contributed by atoms with E-state index in [9.17, 15) is 4.39 Å². The van der Waals surface area contributed by atoms with Gasteiger partial charge >= 0.3 is 0 Å². The topological polar surface area (TPSA) is 57.3 Å². The van der Waals surface area contributed by atoms with Gasteiger partial charge in [0.2, 0.25) is 0 Å². The van der Waals surface area contributed by atoms with E-state index < -0.39 is 0 Å². The summed E-state index contributed by atoms with van der Waals surface area (Å²) in [4.78, 5) is 4.38. The number of aromatic nitrogens is 2. The zero-order chi connectivity index (χ0) is 17.6. The molecule has 0 aliphatic carbocycles. The number of methoxy groups -OCH3 is 1. The molecule has 0 spiro atoms. The van der Waals surface area contributed by atoms with Crippen LogP contribution in [0.2, 0.25) is 0 Å². The maximum absolute atomic E-state index is 14.1. The van der Waals surface area contributed by atoms with E-state index in [1.54, 1.807) is 19.2 Å². The minimum Gasteiger partial charge on any atom is -0.383 e. The monoisotopic (exact) mass is 343 g/mol. The molecule has 1 fully saturated rings. The number of nitrogens with zero attached hydrogens (tertiary/aromatic N) is 5. The first kappa shape index (κ1) is 17.4. The molecule has 7 heteroatoms. The van der Waals surface area contributed by atoms with Crippen molar-refractivity contribution in [1.29, 1.82) is 5.26 Å². The van der Waals surface area contributed by atoms with Crippen LogP contribution in [0.3, 0.4) is 0 Å². The highest BCUT2D eigenvalue weighted by atomic mass is 19.1. The van der Waals surface area contributed by atoms with Gasteiger partial charge < -0.3 is 9.64 Å². The lowest BCUT2D eigenvalue weighted by Gasteiger charge is -2.36. The molecule has 0 N–H and O–H groups in total. The molecule has 1 saturated heterocycles. The molecule has 0 unspecified atom stereocenters. The van der Waals surface area contributed by atoms with Gasteiger partial charge in [-0.05, 0) is 18.2 Å². The molecule has 1 aromatic heterocycles. The fourth-order valence-corrected chi connectivity index (χ4v) is 3.03. The Kier molecular flexibility index (Phi) is 5.64. The fourth-order valence-electron chi connectivity index (χ4n) is 3.03. The van der Waals surface area contributed by atoms with Crippen molar-refractivity contribution in [3.05, 3.63) is 47.5 Å². The highest BCUT2D eigenvalue weighted by Gasteiger charge is 2.20. The minimum absolute atomic E-state index is 0.327. The maximum Gasteiger partial charge on any atom is 0.147 e. The number of anilines is 1. The van der Waals surface area contributed by atoms with E-state index >= 15 is 0 Å². The van der Waals surface area contributed by atoms with Gasteiger partial charge in [0.1, 0.15) is 5.82 Å². The zero-order valence-electron chi connectivity index (χ0n) is 14.4. The molecule has 2 aromatic rings. The van der Waals surface area contributed by atoms with Crippen molar-refractivity contribution in [1.82, 2.24) is 14.7 Å². The van der Waals surface area contributed by atoms with Gasteiger partial charge in [-0.15, -0.1) is 0 Å². The summed E-state index contributed by atoms with van der Waals surface area (Å²) in [6.07, 6.45) is 3.94. The summed E-state index contributed by atoms with van der Waals surface area (Å²) in [5, 5.41) is 13.2. The van der Waals surface area contributed by atoms with Gasteiger partial charge in [-0.2, -0.15) is 10.4 Å². The van der Waals surface area contributed by atoms with Gasteiger partial charge in [-0.3, -0.25) is 9.58 Å². The third kappa shape index (κ3) is 4.35. The van der Waals surface area contributed by atoms with Crippen LogP contribution in [0, 0.1) is 17.1 Å². The first-order valence-corrected chi connectivity index (χ1v) is 8.37. The molecular formula is C18H22FN5O. The SMILES string of the molecule is COCCn1cc(CN2CCN(c3ccc(C#N)cc3F)CC2)cn1. The second kappa shape index (κ2) is 8.10. The van der Waals surface area contributed by atoms with Crippen LogP contribution in [0.4, 0.5) is 10.1 Å². The third-order valence-electron chi connectivity index (χ3n) is 4.41. The van der Waals surface area contributed by atoms with E-state index in [1.165, 1.54) is 11.6 Å². The first-order valence-electron chi connectivity index (χ1n) is 8.37. The molecule has 3 rings (SSSR count). The Bertz CT molecular complexity index is 746. The number of piperazine rings is 1. The molecular weight excluding hydrogens is 321 g/mol. The molecule has 0 bridgehead atoms. The molecule has 2 heterocycles. The van der Waals surface area contributed by atoms with Crippen molar-refractivity contribution in [2.24, 2.45) is 0 Å². The summed E-state index contributed by atoms with van der Waals surface area (Å²) in [6, 6.07) is 6.63. The van der Waals surface area contributed by atoms with Crippen LogP contribution < -0.4 is 4.90 Å². The van der Waals surface area contributed by atoms with E-state index in [2.05, 4.69) is 10.00 Å². The summed E-state index contributed by atoms with van der Waals surface area (Å²) in [5.74, 6) is -0.327. The average Bonchev–Trinajstić information content (AvgIpc) is 3.08.